The number of carboxylic acid groups (broad SMARTS) is 1. The standard InChI is InChI=1S/C28H27N3O3/c1-16(27(32)30-17(2)19-12-7-9-18-8-3-4-10-20(18)19)22-14-29-15-23(28(33)34)26-25(22)21-11-5-6-13-24(21)31-26/h3-13,15-17,22-23,31H,14H2,1-2H3,(H,30,32)(H,33,34). The maximum Gasteiger partial charge on any atom is 0.318 e. The largest absolute Gasteiger partial charge is 0.480 e. The molecule has 0 saturated carbocycles. The van der Waals surface area contributed by atoms with Crippen LogP contribution < -0.4 is 5.32 Å². The number of benzene rings is 3. The predicted octanol–water partition coefficient (Wildman–Crippen LogP) is 5.17. The zero-order valence-corrected chi connectivity index (χ0v) is 19.2. The summed E-state index contributed by atoms with van der Waals surface area (Å²) in [6.45, 7) is 4.25. The minimum atomic E-state index is -0.959. The number of hydrogen-bond acceptors (Lipinski definition) is 3. The molecule has 2 heterocycles. The van der Waals surface area contributed by atoms with Crippen LogP contribution in [0.2, 0.25) is 0 Å². The first-order chi connectivity index (χ1) is 16.5. The van der Waals surface area contributed by atoms with Crippen LogP contribution in [0, 0.1) is 5.92 Å². The Morgan fingerprint density at radius 1 is 1.00 bits per heavy atom. The highest BCUT2D eigenvalue weighted by atomic mass is 16.4. The lowest BCUT2D eigenvalue weighted by Crippen LogP contribution is -2.35. The lowest BCUT2D eigenvalue weighted by molar-refractivity contribution is -0.137. The highest BCUT2D eigenvalue weighted by Crippen LogP contribution is 2.39. The Kier molecular flexibility index (Phi) is 5.65. The van der Waals surface area contributed by atoms with E-state index in [2.05, 4.69) is 33.5 Å². The summed E-state index contributed by atoms with van der Waals surface area (Å²) in [6.07, 6.45) is 1.49. The van der Waals surface area contributed by atoms with Gasteiger partial charge in [0.2, 0.25) is 5.91 Å². The summed E-state index contributed by atoms with van der Waals surface area (Å²) in [7, 11) is 0. The van der Waals surface area contributed by atoms with Gasteiger partial charge in [0.25, 0.3) is 0 Å². The number of carbonyl (C=O) groups excluding carboxylic acids is 1. The Labute approximate surface area is 197 Å². The lowest BCUT2D eigenvalue weighted by atomic mass is 9.83. The van der Waals surface area contributed by atoms with Crippen molar-refractivity contribution in [2.45, 2.75) is 31.7 Å². The molecule has 172 valence electrons. The summed E-state index contributed by atoms with van der Waals surface area (Å²) in [5.74, 6) is -2.55. The number of carboxylic acids is 1. The molecular formula is C28H27N3O3. The van der Waals surface area contributed by atoms with Crippen molar-refractivity contribution in [2.75, 3.05) is 6.54 Å². The number of H-pyrrole nitrogens is 1. The highest BCUT2D eigenvalue weighted by molar-refractivity contribution is 5.99. The molecule has 0 bridgehead atoms. The van der Waals surface area contributed by atoms with Gasteiger partial charge in [0.1, 0.15) is 5.92 Å². The second kappa shape index (κ2) is 8.78. The molecule has 0 spiro atoms. The van der Waals surface area contributed by atoms with Crippen LogP contribution in [0.3, 0.4) is 0 Å². The molecule has 0 saturated heterocycles. The SMILES string of the molecule is CC(NC(=O)C(C)C1CN=CC(C(=O)O)c2[nH]c3ccccc3c21)c1cccc2ccccc12. The summed E-state index contributed by atoms with van der Waals surface area (Å²) in [6, 6.07) is 21.9. The van der Waals surface area contributed by atoms with Gasteiger partial charge in [-0.15, -0.1) is 0 Å². The minimum absolute atomic E-state index is 0.0781. The zero-order valence-electron chi connectivity index (χ0n) is 19.2. The fraction of sp³-hybridized carbons (Fsp3) is 0.250. The molecule has 6 heteroatoms. The lowest BCUT2D eigenvalue weighted by Gasteiger charge is -2.25. The molecule has 5 rings (SSSR count). The van der Waals surface area contributed by atoms with Crippen LogP contribution in [0.1, 0.15) is 48.5 Å². The van der Waals surface area contributed by atoms with E-state index in [0.29, 0.717) is 12.2 Å². The molecule has 1 aliphatic rings. The summed E-state index contributed by atoms with van der Waals surface area (Å²) in [5, 5.41) is 16.2. The molecule has 4 aromatic rings. The Bertz CT molecular complexity index is 1420. The number of aliphatic carboxylic acids is 1. The minimum Gasteiger partial charge on any atom is -0.480 e. The number of aromatic amines is 1. The van der Waals surface area contributed by atoms with Gasteiger partial charge in [0, 0.05) is 41.2 Å². The molecule has 1 aliphatic heterocycles. The molecular weight excluding hydrogens is 426 g/mol. The Morgan fingerprint density at radius 3 is 2.50 bits per heavy atom. The van der Waals surface area contributed by atoms with Gasteiger partial charge in [0.05, 0.1) is 6.04 Å². The molecule has 34 heavy (non-hydrogen) atoms. The van der Waals surface area contributed by atoms with Crippen molar-refractivity contribution in [3.63, 3.8) is 0 Å². The Hall–Kier alpha value is -3.93. The second-order valence-electron chi connectivity index (χ2n) is 9.02. The second-order valence-corrected chi connectivity index (χ2v) is 9.02. The maximum absolute atomic E-state index is 13.5. The van der Waals surface area contributed by atoms with Gasteiger partial charge in [-0.2, -0.15) is 0 Å². The number of aromatic nitrogens is 1. The van der Waals surface area contributed by atoms with E-state index in [1.807, 2.05) is 62.4 Å². The maximum atomic E-state index is 13.5. The quantitative estimate of drug-likeness (QED) is 0.389. The van der Waals surface area contributed by atoms with Gasteiger partial charge in [-0.1, -0.05) is 67.6 Å². The molecule has 3 aromatic carbocycles. The van der Waals surface area contributed by atoms with Gasteiger partial charge in [-0.05, 0) is 34.9 Å². The number of nitrogens with one attached hydrogen (secondary N) is 2. The van der Waals surface area contributed by atoms with E-state index in [4.69, 9.17) is 0 Å². The average molecular weight is 454 g/mol. The topological polar surface area (TPSA) is 94.6 Å². The number of hydrogen-bond donors (Lipinski definition) is 3. The number of nitrogens with zero attached hydrogens (tertiary/aromatic N) is 1. The van der Waals surface area contributed by atoms with Crippen molar-refractivity contribution in [3.8, 4) is 0 Å². The van der Waals surface area contributed by atoms with Crippen molar-refractivity contribution in [1.29, 1.82) is 0 Å². The summed E-state index contributed by atoms with van der Waals surface area (Å²) in [5.41, 5.74) is 3.43. The van der Waals surface area contributed by atoms with E-state index in [0.717, 1.165) is 32.8 Å². The fourth-order valence-corrected chi connectivity index (χ4v) is 5.10. The molecule has 6 nitrogen and oxygen atoms in total. The molecule has 1 amide bonds. The smallest absolute Gasteiger partial charge is 0.318 e. The van der Waals surface area contributed by atoms with Gasteiger partial charge >= 0.3 is 5.97 Å². The van der Waals surface area contributed by atoms with Crippen molar-refractivity contribution < 1.29 is 14.7 Å². The van der Waals surface area contributed by atoms with Crippen molar-refractivity contribution in [2.24, 2.45) is 10.9 Å². The monoisotopic (exact) mass is 453 g/mol. The number of rotatable bonds is 5. The van der Waals surface area contributed by atoms with Crippen molar-refractivity contribution >= 4 is 39.8 Å². The van der Waals surface area contributed by atoms with Crippen LogP contribution in [0.4, 0.5) is 0 Å². The first-order valence-electron chi connectivity index (χ1n) is 11.6. The third-order valence-corrected chi connectivity index (χ3v) is 6.95. The predicted molar refractivity (Wildman–Crippen MR) is 134 cm³/mol. The summed E-state index contributed by atoms with van der Waals surface area (Å²) < 4.78 is 0. The van der Waals surface area contributed by atoms with Crippen LogP contribution in [-0.4, -0.2) is 34.7 Å². The van der Waals surface area contributed by atoms with Gasteiger partial charge in [-0.3, -0.25) is 14.6 Å². The molecule has 0 aliphatic carbocycles. The molecule has 4 atom stereocenters. The van der Waals surface area contributed by atoms with Crippen LogP contribution in [0.5, 0.6) is 0 Å². The first kappa shape index (κ1) is 21.9. The number of fused-ring (bicyclic) bond motifs is 4. The van der Waals surface area contributed by atoms with Crippen LogP contribution in [0.25, 0.3) is 21.7 Å². The molecule has 1 aromatic heterocycles. The van der Waals surface area contributed by atoms with E-state index < -0.39 is 17.8 Å². The van der Waals surface area contributed by atoms with Crippen LogP contribution in [0.15, 0.2) is 71.7 Å². The Morgan fingerprint density at radius 2 is 1.71 bits per heavy atom. The van der Waals surface area contributed by atoms with Crippen molar-refractivity contribution in [3.05, 3.63) is 83.6 Å². The normalized spacial score (nSPS) is 19.4. The average Bonchev–Trinajstić information content (AvgIpc) is 3.11. The van der Waals surface area contributed by atoms with Crippen LogP contribution >= 0.6 is 0 Å². The van der Waals surface area contributed by atoms with Gasteiger partial charge in [0.15, 0.2) is 0 Å². The highest BCUT2D eigenvalue weighted by Gasteiger charge is 2.35. The summed E-state index contributed by atoms with van der Waals surface area (Å²) >= 11 is 0. The van der Waals surface area contributed by atoms with E-state index in [1.165, 1.54) is 6.21 Å². The van der Waals surface area contributed by atoms with Crippen LogP contribution in [-0.2, 0) is 9.59 Å². The molecule has 0 fully saturated rings. The number of carbonyl (C=O) groups is 2. The molecule has 0 radical (unpaired) electrons. The third-order valence-electron chi connectivity index (χ3n) is 6.95. The van der Waals surface area contributed by atoms with Crippen molar-refractivity contribution in [1.82, 2.24) is 10.3 Å². The van der Waals surface area contributed by atoms with Gasteiger partial charge in [-0.25, -0.2) is 0 Å². The first-order valence-corrected chi connectivity index (χ1v) is 11.6. The molecule has 4 unspecified atom stereocenters. The van der Waals surface area contributed by atoms with E-state index in [-0.39, 0.29) is 17.9 Å². The number of aliphatic imine (C=N–C) groups is 1. The van der Waals surface area contributed by atoms with E-state index in [9.17, 15) is 14.7 Å². The zero-order chi connectivity index (χ0) is 23.8. The third kappa shape index (κ3) is 3.75. The van der Waals surface area contributed by atoms with Gasteiger partial charge < -0.3 is 15.4 Å². The molecule has 3 N–H and O–H groups in total. The Balaban J connectivity index is 1.47. The van der Waals surface area contributed by atoms with E-state index in [1.54, 1.807) is 0 Å². The number of para-hydroxylation sites is 1. The summed E-state index contributed by atoms with van der Waals surface area (Å²) in [4.78, 5) is 33.2. The van der Waals surface area contributed by atoms with E-state index >= 15 is 0 Å². The fourth-order valence-electron chi connectivity index (χ4n) is 5.10. The number of amides is 1.